The Bertz CT molecular complexity index is 848. The van der Waals surface area contributed by atoms with E-state index in [1.807, 2.05) is 6.07 Å². The predicted octanol–water partition coefficient (Wildman–Crippen LogP) is 2.15. The zero-order valence-corrected chi connectivity index (χ0v) is 15.6. The zero-order chi connectivity index (χ0) is 19.2. The molecule has 0 spiro atoms. The van der Waals surface area contributed by atoms with Crippen molar-refractivity contribution < 1.29 is 27.4 Å². The van der Waals surface area contributed by atoms with Gasteiger partial charge in [-0.3, -0.25) is 0 Å². The minimum Gasteiger partial charge on any atom is -0.497 e. The minimum atomic E-state index is -3.75. The van der Waals surface area contributed by atoms with Gasteiger partial charge in [0, 0.05) is 13.7 Å². The highest BCUT2D eigenvalue weighted by Crippen LogP contribution is 2.21. The first-order valence-corrected chi connectivity index (χ1v) is 9.24. The van der Waals surface area contributed by atoms with Gasteiger partial charge in [0.15, 0.2) is 0 Å². The molecule has 2 aromatic rings. The lowest BCUT2D eigenvalue weighted by molar-refractivity contribution is 0.0600. The predicted molar refractivity (Wildman–Crippen MR) is 95.7 cm³/mol. The summed E-state index contributed by atoms with van der Waals surface area (Å²) in [5, 5.41) is 0. The van der Waals surface area contributed by atoms with Gasteiger partial charge >= 0.3 is 5.97 Å². The highest BCUT2D eigenvalue weighted by Gasteiger charge is 2.19. The van der Waals surface area contributed by atoms with Crippen LogP contribution in [-0.2, 0) is 19.5 Å². The smallest absolute Gasteiger partial charge is 0.337 e. The summed E-state index contributed by atoms with van der Waals surface area (Å²) in [5.41, 5.74) is 1.06. The van der Waals surface area contributed by atoms with Crippen molar-refractivity contribution in [1.82, 2.24) is 4.72 Å². The fourth-order valence-electron chi connectivity index (χ4n) is 2.34. The Hall–Kier alpha value is -2.42. The summed E-state index contributed by atoms with van der Waals surface area (Å²) in [6, 6.07) is 12.7. The van der Waals surface area contributed by atoms with Crippen LogP contribution in [0.5, 0.6) is 5.75 Å². The number of hydrogen-bond acceptors (Lipinski definition) is 6. The van der Waals surface area contributed by atoms with E-state index in [1.54, 1.807) is 25.3 Å². The van der Waals surface area contributed by atoms with E-state index in [0.29, 0.717) is 5.75 Å². The molecule has 0 aliphatic rings. The van der Waals surface area contributed by atoms with Gasteiger partial charge in [-0.2, -0.15) is 0 Å². The first kappa shape index (κ1) is 19.9. The van der Waals surface area contributed by atoms with E-state index in [-0.39, 0.29) is 17.0 Å². The number of methoxy groups -OCH3 is 3. The molecular weight excluding hydrogens is 358 g/mol. The molecule has 0 aliphatic carbocycles. The average molecular weight is 379 g/mol. The maximum absolute atomic E-state index is 12.5. The minimum absolute atomic E-state index is 0.0464. The zero-order valence-electron chi connectivity index (χ0n) is 14.8. The van der Waals surface area contributed by atoms with Gasteiger partial charge in [-0.1, -0.05) is 12.1 Å². The van der Waals surface area contributed by atoms with E-state index in [2.05, 4.69) is 9.46 Å². The van der Waals surface area contributed by atoms with Crippen LogP contribution in [0.15, 0.2) is 53.4 Å². The number of benzene rings is 2. The summed E-state index contributed by atoms with van der Waals surface area (Å²) < 4.78 is 42.6. The van der Waals surface area contributed by atoms with Gasteiger partial charge in [-0.25, -0.2) is 17.9 Å². The number of carbonyl (C=O) groups excluding carboxylic acids is 1. The van der Waals surface area contributed by atoms with Gasteiger partial charge in [0.1, 0.15) is 5.75 Å². The maximum Gasteiger partial charge on any atom is 0.337 e. The summed E-state index contributed by atoms with van der Waals surface area (Å²) in [4.78, 5) is 11.5. The van der Waals surface area contributed by atoms with Crippen molar-refractivity contribution in [2.24, 2.45) is 0 Å². The van der Waals surface area contributed by atoms with Crippen molar-refractivity contribution in [3.05, 3.63) is 59.7 Å². The Labute approximate surface area is 152 Å². The van der Waals surface area contributed by atoms with Crippen LogP contribution in [0.3, 0.4) is 0 Å². The van der Waals surface area contributed by atoms with Gasteiger partial charge in [0.2, 0.25) is 10.0 Å². The summed E-state index contributed by atoms with van der Waals surface area (Å²) in [7, 11) is 0.571. The highest BCUT2D eigenvalue weighted by molar-refractivity contribution is 7.89. The SMILES string of the molecule is COC(=O)c1ccc(S(=O)(=O)NCC(OC)c2cccc(OC)c2)cc1. The molecule has 2 rings (SSSR count). The van der Waals surface area contributed by atoms with Crippen molar-refractivity contribution >= 4 is 16.0 Å². The molecular formula is C18H21NO6S. The van der Waals surface area contributed by atoms with Crippen LogP contribution in [0.2, 0.25) is 0 Å². The maximum atomic E-state index is 12.5. The van der Waals surface area contributed by atoms with Crippen LogP contribution in [0.4, 0.5) is 0 Å². The monoisotopic (exact) mass is 379 g/mol. The van der Waals surface area contributed by atoms with Crippen LogP contribution in [0.1, 0.15) is 22.0 Å². The van der Waals surface area contributed by atoms with E-state index in [4.69, 9.17) is 9.47 Å². The summed E-state index contributed by atoms with van der Waals surface area (Å²) in [5.74, 6) is 0.130. The van der Waals surface area contributed by atoms with Gasteiger partial charge in [-0.15, -0.1) is 0 Å². The average Bonchev–Trinajstić information content (AvgIpc) is 2.68. The van der Waals surface area contributed by atoms with E-state index in [9.17, 15) is 13.2 Å². The van der Waals surface area contributed by atoms with Gasteiger partial charge < -0.3 is 14.2 Å². The van der Waals surface area contributed by atoms with Crippen LogP contribution >= 0.6 is 0 Å². The van der Waals surface area contributed by atoms with Crippen LogP contribution in [0.25, 0.3) is 0 Å². The fourth-order valence-corrected chi connectivity index (χ4v) is 3.37. The van der Waals surface area contributed by atoms with Crippen molar-refractivity contribution in [3.63, 3.8) is 0 Å². The molecule has 1 N–H and O–H groups in total. The second kappa shape index (κ2) is 8.79. The molecule has 7 nitrogen and oxygen atoms in total. The lowest BCUT2D eigenvalue weighted by Crippen LogP contribution is -2.29. The molecule has 0 saturated carbocycles. The lowest BCUT2D eigenvalue weighted by atomic mass is 10.1. The Kier molecular flexibility index (Phi) is 6.73. The van der Waals surface area contributed by atoms with Crippen molar-refractivity contribution in [3.8, 4) is 5.75 Å². The topological polar surface area (TPSA) is 90.9 Å². The van der Waals surface area contributed by atoms with Gasteiger partial charge in [0.05, 0.1) is 30.8 Å². The van der Waals surface area contributed by atoms with Gasteiger partial charge in [0.25, 0.3) is 0 Å². The molecule has 8 heteroatoms. The number of nitrogens with one attached hydrogen (secondary N) is 1. The van der Waals surface area contributed by atoms with Crippen LogP contribution < -0.4 is 9.46 Å². The molecule has 2 aromatic carbocycles. The summed E-state index contributed by atoms with van der Waals surface area (Å²) in [6.07, 6.45) is -0.478. The molecule has 0 bridgehead atoms. The molecule has 0 saturated heterocycles. The fraction of sp³-hybridized carbons (Fsp3) is 0.278. The number of carbonyl (C=O) groups is 1. The summed E-state index contributed by atoms with van der Waals surface area (Å²) >= 11 is 0. The van der Waals surface area contributed by atoms with Crippen molar-refractivity contribution in [2.45, 2.75) is 11.0 Å². The first-order chi connectivity index (χ1) is 12.4. The molecule has 0 radical (unpaired) electrons. The lowest BCUT2D eigenvalue weighted by Gasteiger charge is -2.17. The standard InChI is InChI=1S/C18H21NO6S/c1-23-15-6-4-5-14(11-15)17(24-2)12-19-26(21,22)16-9-7-13(8-10-16)18(20)25-3/h4-11,17,19H,12H2,1-3H3. The Morgan fingerprint density at radius 2 is 1.77 bits per heavy atom. The number of esters is 1. The molecule has 26 heavy (non-hydrogen) atoms. The van der Waals surface area contributed by atoms with Crippen LogP contribution in [-0.4, -0.2) is 42.3 Å². The molecule has 0 aromatic heterocycles. The van der Waals surface area contributed by atoms with Gasteiger partial charge in [-0.05, 0) is 42.0 Å². The number of rotatable bonds is 8. The largest absolute Gasteiger partial charge is 0.497 e. The third-order valence-corrected chi connectivity index (χ3v) is 5.23. The van der Waals surface area contributed by atoms with Crippen molar-refractivity contribution in [1.29, 1.82) is 0 Å². The van der Waals surface area contributed by atoms with E-state index in [1.165, 1.54) is 38.5 Å². The van der Waals surface area contributed by atoms with Crippen molar-refractivity contribution in [2.75, 3.05) is 27.9 Å². The molecule has 1 atom stereocenters. The van der Waals surface area contributed by atoms with E-state index < -0.39 is 22.1 Å². The third kappa shape index (κ3) is 4.81. The Morgan fingerprint density at radius 3 is 2.35 bits per heavy atom. The molecule has 0 aliphatic heterocycles. The number of hydrogen-bond donors (Lipinski definition) is 1. The highest BCUT2D eigenvalue weighted by atomic mass is 32.2. The number of sulfonamides is 1. The molecule has 0 fully saturated rings. The molecule has 0 heterocycles. The number of ether oxygens (including phenoxy) is 3. The first-order valence-electron chi connectivity index (χ1n) is 7.76. The van der Waals surface area contributed by atoms with Crippen LogP contribution in [0, 0.1) is 0 Å². The Balaban J connectivity index is 2.11. The third-order valence-electron chi connectivity index (χ3n) is 3.79. The molecule has 1 unspecified atom stereocenters. The Morgan fingerprint density at radius 1 is 1.08 bits per heavy atom. The molecule has 140 valence electrons. The van der Waals surface area contributed by atoms with E-state index in [0.717, 1.165) is 5.56 Å². The molecule has 0 amide bonds. The normalized spacial score (nSPS) is 12.4. The quantitative estimate of drug-likeness (QED) is 0.707. The summed E-state index contributed by atoms with van der Waals surface area (Å²) in [6.45, 7) is 0.0464. The van der Waals surface area contributed by atoms with E-state index >= 15 is 0 Å². The second-order valence-corrected chi connectivity index (χ2v) is 7.14. The second-order valence-electron chi connectivity index (χ2n) is 5.37.